The quantitative estimate of drug-likeness (QED) is 0.589. The molecule has 0 aromatic carbocycles. The van der Waals surface area contributed by atoms with Crippen LogP contribution in [0.4, 0.5) is 0 Å². The first-order valence-corrected chi connectivity index (χ1v) is 4.13. The van der Waals surface area contributed by atoms with Crippen LogP contribution in [0.5, 0.6) is 0 Å². The van der Waals surface area contributed by atoms with Gasteiger partial charge in [0.1, 0.15) is 6.61 Å². The van der Waals surface area contributed by atoms with Gasteiger partial charge in [-0.3, -0.25) is 4.79 Å². The van der Waals surface area contributed by atoms with Crippen LogP contribution in [0.15, 0.2) is 0 Å². The molecule has 1 atom stereocenters. The second kappa shape index (κ2) is 3.72. The molecule has 64 valence electrons. The van der Waals surface area contributed by atoms with E-state index in [1.807, 2.05) is 11.8 Å². The molecule has 3 heteroatoms. The highest BCUT2D eigenvalue weighted by atomic mass is 16.5. The molecule has 1 heterocycles. The number of nitrogens with zero attached hydrogens (tertiary/aromatic N) is 1. The van der Waals surface area contributed by atoms with Crippen LogP contribution in [0.1, 0.15) is 20.3 Å². The second-order valence-electron chi connectivity index (χ2n) is 2.95. The maximum absolute atomic E-state index is 11.2. The molecule has 0 N–H and O–H groups in total. The molecule has 1 aliphatic rings. The molecule has 0 saturated carbocycles. The summed E-state index contributed by atoms with van der Waals surface area (Å²) in [7, 11) is 0. The van der Waals surface area contributed by atoms with Gasteiger partial charge in [-0.15, -0.1) is 0 Å². The Kier molecular flexibility index (Phi) is 2.88. The van der Waals surface area contributed by atoms with Crippen molar-refractivity contribution in [1.29, 1.82) is 0 Å². The smallest absolute Gasteiger partial charge is 0.248 e. The van der Waals surface area contributed by atoms with Crippen LogP contribution in [0.2, 0.25) is 0 Å². The van der Waals surface area contributed by atoms with Crippen molar-refractivity contribution in [3.8, 4) is 0 Å². The zero-order valence-corrected chi connectivity index (χ0v) is 7.17. The van der Waals surface area contributed by atoms with Crippen LogP contribution in [0, 0.1) is 0 Å². The van der Waals surface area contributed by atoms with E-state index in [0.717, 1.165) is 13.0 Å². The van der Waals surface area contributed by atoms with Gasteiger partial charge in [0.2, 0.25) is 5.91 Å². The fraction of sp³-hybridized carbons (Fsp3) is 0.875. The molecule has 0 bridgehead atoms. The van der Waals surface area contributed by atoms with Crippen molar-refractivity contribution in [2.75, 3.05) is 19.8 Å². The maximum Gasteiger partial charge on any atom is 0.248 e. The van der Waals surface area contributed by atoms with Crippen molar-refractivity contribution in [2.45, 2.75) is 26.3 Å². The van der Waals surface area contributed by atoms with Crippen LogP contribution in [-0.4, -0.2) is 36.6 Å². The Morgan fingerprint density at radius 2 is 2.45 bits per heavy atom. The van der Waals surface area contributed by atoms with Gasteiger partial charge in [-0.05, 0) is 13.3 Å². The van der Waals surface area contributed by atoms with Gasteiger partial charge in [-0.2, -0.15) is 0 Å². The number of morpholine rings is 1. The summed E-state index contributed by atoms with van der Waals surface area (Å²) in [6.45, 7) is 5.92. The van der Waals surface area contributed by atoms with Crippen LogP contribution in [0.25, 0.3) is 0 Å². The normalized spacial score (nSPS) is 25.8. The van der Waals surface area contributed by atoms with E-state index < -0.39 is 0 Å². The second-order valence-corrected chi connectivity index (χ2v) is 2.95. The van der Waals surface area contributed by atoms with E-state index in [-0.39, 0.29) is 18.6 Å². The van der Waals surface area contributed by atoms with Crippen molar-refractivity contribution in [1.82, 2.24) is 4.90 Å². The number of carbonyl (C=O) groups excluding carboxylic acids is 1. The van der Waals surface area contributed by atoms with Crippen molar-refractivity contribution in [3.05, 3.63) is 0 Å². The third-order valence-corrected chi connectivity index (χ3v) is 1.90. The Labute approximate surface area is 67.3 Å². The van der Waals surface area contributed by atoms with Crippen molar-refractivity contribution in [3.63, 3.8) is 0 Å². The molecule has 11 heavy (non-hydrogen) atoms. The number of ether oxygens (including phenoxy) is 1. The number of carbonyl (C=O) groups is 1. The topological polar surface area (TPSA) is 29.5 Å². The highest BCUT2D eigenvalue weighted by Crippen LogP contribution is 2.07. The first-order valence-electron chi connectivity index (χ1n) is 4.13. The third kappa shape index (κ3) is 1.93. The zero-order chi connectivity index (χ0) is 8.27. The maximum atomic E-state index is 11.2. The minimum absolute atomic E-state index is 0.130. The largest absolute Gasteiger partial charge is 0.370 e. The molecular formula is C8H15NO2. The van der Waals surface area contributed by atoms with Gasteiger partial charge >= 0.3 is 0 Å². The molecule has 1 unspecified atom stereocenters. The predicted octanol–water partition coefficient (Wildman–Crippen LogP) is 0.644. The molecule has 1 fully saturated rings. The fourth-order valence-electron chi connectivity index (χ4n) is 1.32. The summed E-state index contributed by atoms with van der Waals surface area (Å²) in [5, 5.41) is 0. The number of hydrogen-bond acceptors (Lipinski definition) is 2. The molecular weight excluding hydrogens is 142 g/mol. The summed E-state index contributed by atoms with van der Waals surface area (Å²) >= 11 is 0. The first kappa shape index (κ1) is 8.53. The molecule has 0 spiro atoms. The van der Waals surface area contributed by atoms with E-state index in [0.29, 0.717) is 6.61 Å². The van der Waals surface area contributed by atoms with Crippen LogP contribution in [0.3, 0.4) is 0 Å². The van der Waals surface area contributed by atoms with Crippen molar-refractivity contribution >= 4 is 5.91 Å². The van der Waals surface area contributed by atoms with Crippen molar-refractivity contribution in [2.24, 2.45) is 0 Å². The molecule has 1 rings (SSSR count). The lowest BCUT2D eigenvalue weighted by Crippen LogP contribution is -2.48. The lowest BCUT2D eigenvalue weighted by atomic mass is 10.2. The molecule has 3 nitrogen and oxygen atoms in total. The zero-order valence-electron chi connectivity index (χ0n) is 7.17. The van der Waals surface area contributed by atoms with Gasteiger partial charge in [-0.1, -0.05) is 6.92 Å². The Balaban J connectivity index is 2.48. The third-order valence-electron chi connectivity index (χ3n) is 1.90. The Hall–Kier alpha value is -0.570. The summed E-state index contributed by atoms with van der Waals surface area (Å²) in [6.07, 6.45) is 1.02. The SMILES string of the molecule is CCCN1C(=O)COCC1C. The standard InChI is InChI=1S/C8H15NO2/c1-3-4-9-7(2)5-11-6-8(9)10/h7H,3-6H2,1-2H3. The lowest BCUT2D eigenvalue weighted by molar-refractivity contribution is -0.147. The van der Waals surface area contributed by atoms with Gasteiger partial charge in [0.05, 0.1) is 12.6 Å². The molecule has 0 aromatic heterocycles. The number of hydrogen-bond donors (Lipinski definition) is 0. The summed E-state index contributed by atoms with van der Waals surface area (Å²) in [6, 6.07) is 0.260. The average molecular weight is 157 g/mol. The van der Waals surface area contributed by atoms with Crippen LogP contribution < -0.4 is 0 Å². The summed E-state index contributed by atoms with van der Waals surface area (Å²) in [5.41, 5.74) is 0. The predicted molar refractivity (Wildman–Crippen MR) is 42.3 cm³/mol. The average Bonchev–Trinajstić information content (AvgIpc) is 1.97. The molecule has 0 aromatic rings. The van der Waals surface area contributed by atoms with E-state index in [1.54, 1.807) is 0 Å². The van der Waals surface area contributed by atoms with E-state index in [2.05, 4.69) is 6.92 Å². The van der Waals surface area contributed by atoms with E-state index >= 15 is 0 Å². The van der Waals surface area contributed by atoms with Gasteiger partial charge in [0.25, 0.3) is 0 Å². The van der Waals surface area contributed by atoms with E-state index in [1.165, 1.54) is 0 Å². The van der Waals surface area contributed by atoms with Gasteiger partial charge in [0.15, 0.2) is 0 Å². The molecule has 1 amide bonds. The van der Waals surface area contributed by atoms with E-state index in [4.69, 9.17) is 4.74 Å². The summed E-state index contributed by atoms with van der Waals surface area (Å²) < 4.78 is 5.08. The molecule has 1 saturated heterocycles. The first-order chi connectivity index (χ1) is 5.25. The minimum atomic E-state index is 0.130. The van der Waals surface area contributed by atoms with E-state index in [9.17, 15) is 4.79 Å². The highest BCUT2D eigenvalue weighted by molar-refractivity contribution is 5.78. The van der Waals surface area contributed by atoms with Crippen LogP contribution >= 0.6 is 0 Å². The monoisotopic (exact) mass is 157 g/mol. The fourth-order valence-corrected chi connectivity index (χ4v) is 1.32. The van der Waals surface area contributed by atoms with Crippen molar-refractivity contribution < 1.29 is 9.53 Å². The Morgan fingerprint density at radius 1 is 1.73 bits per heavy atom. The van der Waals surface area contributed by atoms with Gasteiger partial charge < -0.3 is 9.64 Å². The van der Waals surface area contributed by atoms with Crippen LogP contribution in [-0.2, 0) is 9.53 Å². The highest BCUT2D eigenvalue weighted by Gasteiger charge is 2.23. The lowest BCUT2D eigenvalue weighted by Gasteiger charge is -2.32. The number of amides is 1. The molecule has 1 aliphatic heterocycles. The Morgan fingerprint density at radius 3 is 3.00 bits per heavy atom. The summed E-state index contributed by atoms with van der Waals surface area (Å²) in [5.74, 6) is 0.130. The summed E-state index contributed by atoms with van der Waals surface area (Å²) in [4.78, 5) is 13.1. The minimum Gasteiger partial charge on any atom is -0.370 e. The van der Waals surface area contributed by atoms with Gasteiger partial charge in [-0.25, -0.2) is 0 Å². The van der Waals surface area contributed by atoms with Gasteiger partial charge in [0, 0.05) is 6.54 Å². The molecule has 0 radical (unpaired) electrons. The Bertz CT molecular complexity index is 147. The number of rotatable bonds is 2. The molecule has 0 aliphatic carbocycles.